The molecule has 0 spiro atoms. The molecule has 20 heavy (non-hydrogen) atoms. The number of rotatable bonds is 2. The molecule has 108 valence electrons. The zero-order valence-electron chi connectivity index (χ0n) is 11.6. The van der Waals surface area contributed by atoms with E-state index in [0.29, 0.717) is 12.1 Å². The van der Waals surface area contributed by atoms with Crippen molar-refractivity contribution in [1.82, 2.24) is 9.55 Å². The van der Waals surface area contributed by atoms with Gasteiger partial charge in [0.05, 0.1) is 22.5 Å². The van der Waals surface area contributed by atoms with Crippen LogP contribution < -0.4 is 0 Å². The highest BCUT2D eigenvalue weighted by atomic mass is 79.9. The predicted octanol–water partition coefficient (Wildman–Crippen LogP) is 4.84. The number of ether oxygens (including phenoxy) is 1. The van der Waals surface area contributed by atoms with Gasteiger partial charge in [-0.25, -0.2) is 4.98 Å². The third kappa shape index (κ3) is 2.61. The first-order chi connectivity index (χ1) is 9.56. The monoisotopic (exact) mass is 356 g/mol. The number of hydrogen-bond acceptors (Lipinski definition) is 2. The number of benzene rings is 1. The number of hydrogen-bond donors (Lipinski definition) is 0. The number of halogens is 2. The lowest BCUT2D eigenvalue weighted by Gasteiger charge is -2.30. The summed E-state index contributed by atoms with van der Waals surface area (Å²) in [7, 11) is 0. The molecule has 1 fully saturated rings. The summed E-state index contributed by atoms with van der Waals surface area (Å²) in [6, 6.07) is 6.65. The van der Waals surface area contributed by atoms with Crippen LogP contribution in [-0.2, 0) is 4.74 Å². The second-order valence-electron chi connectivity index (χ2n) is 5.45. The van der Waals surface area contributed by atoms with Crippen molar-refractivity contribution in [3.63, 3.8) is 0 Å². The first kappa shape index (κ1) is 14.4. The van der Waals surface area contributed by atoms with E-state index in [-0.39, 0.29) is 5.38 Å². The van der Waals surface area contributed by atoms with Crippen LogP contribution in [0.1, 0.15) is 43.9 Å². The molecule has 3 nitrogen and oxygen atoms in total. The van der Waals surface area contributed by atoms with Gasteiger partial charge < -0.3 is 9.30 Å². The van der Waals surface area contributed by atoms with Crippen LogP contribution in [0.15, 0.2) is 22.7 Å². The van der Waals surface area contributed by atoms with Crippen LogP contribution in [-0.4, -0.2) is 22.3 Å². The molecular weight excluding hydrogens is 340 g/mol. The smallest absolute Gasteiger partial charge is 0.127 e. The molecule has 1 aromatic heterocycles. The van der Waals surface area contributed by atoms with Crippen molar-refractivity contribution >= 4 is 38.6 Å². The minimum absolute atomic E-state index is 0.0978. The van der Waals surface area contributed by atoms with Crippen LogP contribution in [0.3, 0.4) is 0 Å². The van der Waals surface area contributed by atoms with Crippen LogP contribution in [0.5, 0.6) is 0 Å². The molecule has 3 unspecified atom stereocenters. The van der Waals surface area contributed by atoms with Crippen LogP contribution in [0.4, 0.5) is 0 Å². The molecule has 1 aliphatic rings. The van der Waals surface area contributed by atoms with Crippen molar-refractivity contribution in [3.05, 3.63) is 28.5 Å². The fraction of sp³-hybridized carbons (Fsp3) is 0.533. The summed E-state index contributed by atoms with van der Waals surface area (Å²) in [4.78, 5) is 4.73. The lowest BCUT2D eigenvalue weighted by Crippen LogP contribution is -2.26. The quantitative estimate of drug-likeness (QED) is 0.719. The van der Waals surface area contributed by atoms with Crippen molar-refractivity contribution < 1.29 is 4.74 Å². The van der Waals surface area contributed by atoms with Gasteiger partial charge in [0.1, 0.15) is 5.82 Å². The highest BCUT2D eigenvalue weighted by Crippen LogP contribution is 2.34. The van der Waals surface area contributed by atoms with E-state index >= 15 is 0 Å². The van der Waals surface area contributed by atoms with E-state index in [4.69, 9.17) is 21.3 Å². The maximum atomic E-state index is 6.35. The average molecular weight is 358 g/mol. The van der Waals surface area contributed by atoms with Gasteiger partial charge in [0.2, 0.25) is 0 Å². The Hall–Kier alpha value is -0.580. The molecule has 0 saturated carbocycles. The number of fused-ring (bicyclic) bond motifs is 1. The van der Waals surface area contributed by atoms with Gasteiger partial charge >= 0.3 is 0 Å². The zero-order valence-corrected chi connectivity index (χ0v) is 14.0. The van der Waals surface area contributed by atoms with Crippen molar-refractivity contribution in [2.24, 2.45) is 0 Å². The highest BCUT2D eigenvalue weighted by molar-refractivity contribution is 9.10. The van der Waals surface area contributed by atoms with E-state index in [2.05, 4.69) is 45.6 Å². The minimum atomic E-state index is -0.0978. The molecule has 5 heteroatoms. The van der Waals surface area contributed by atoms with Crippen molar-refractivity contribution in [3.8, 4) is 0 Å². The molecule has 0 aliphatic carbocycles. The van der Waals surface area contributed by atoms with Crippen LogP contribution >= 0.6 is 27.5 Å². The maximum Gasteiger partial charge on any atom is 0.127 e. The third-order valence-electron chi connectivity index (χ3n) is 3.86. The Labute approximate surface area is 132 Å². The van der Waals surface area contributed by atoms with Gasteiger partial charge in [-0.15, -0.1) is 11.6 Å². The molecule has 1 aromatic carbocycles. The molecule has 1 saturated heterocycles. The van der Waals surface area contributed by atoms with E-state index in [1.807, 2.05) is 6.92 Å². The second-order valence-corrected chi connectivity index (χ2v) is 7.02. The molecule has 1 aliphatic heterocycles. The fourth-order valence-electron chi connectivity index (χ4n) is 2.96. The summed E-state index contributed by atoms with van der Waals surface area (Å²) < 4.78 is 9.03. The zero-order chi connectivity index (χ0) is 14.3. The molecule has 3 rings (SSSR count). The highest BCUT2D eigenvalue weighted by Gasteiger charge is 2.26. The molecule has 2 heterocycles. The number of imidazole rings is 1. The van der Waals surface area contributed by atoms with E-state index in [9.17, 15) is 0 Å². The first-order valence-corrected chi connectivity index (χ1v) is 8.22. The molecule has 0 bridgehead atoms. The maximum absolute atomic E-state index is 6.35. The summed E-state index contributed by atoms with van der Waals surface area (Å²) >= 11 is 9.86. The second kappa shape index (κ2) is 5.66. The van der Waals surface area contributed by atoms with Gasteiger partial charge in [-0.1, -0.05) is 15.9 Å². The van der Waals surface area contributed by atoms with Crippen molar-refractivity contribution in [2.75, 3.05) is 6.61 Å². The third-order valence-corrected chi connectivity index (χ3v) is 4.55. The Morgan fingerprint density at radius 3 is 3.00 bits per heavy atom. The molecule has 0 N–H and O–H groups in total. The van der Waals surface area contributed by atoms with Gasteiger partial charge in [0, 0.05) is 17.1 Å². The summed E-state index contributed by atoms with van der Waals surface area (Å²) in [5.74, 6) is 0.957. The van der Waals surface area contributed by atoms with E-state index in [1.54, 1.807) is 0 Å². The van der Waals surface area contributed by atoms with Crippen molar-refractivity contribution in [1.29, 1.82) is 0 Å². The van der Waals surface area contributed by atoms with Crippen LogP contribution in [0, 0.1) is 0 Å². The van der Waals surface area contributed by atoms with E-state index in [0.717, 1.165) is 40.8 Å². The van der Waals surface area contributed by atoms with Gasteiger partial charge in [-0.3, -0.25) is 0 Å². The fourth-order valence-corrected chi connectivity index (χ4v) is 3.47. The predicted molar refractivity (Wildman–Crippen MR) is 85.4 cm³/mol. The minimum Gasteiger partial charge on any atom is -0.378 e. The molecule has 0 radical (unpaired) electrons. The summed E-state index contributed by atoms with van der Waals surface area (Å²) in [5, 5.41) is -0.0978. The number of nitrogens with zero attached hydrogens (tertiary/aromatic N) is 2. The first-order valence-electron chi connectivity index (χ1n) is 6.99. The lowest BCUT2D eigenvalue weighted by molar-refractivity contribution is 0.00621. The number of aromatic nitrogens is 2. The largest absolute Gasteiger partial charge is 0.378 e. The molecule has 2 aromatic rings. The Kier molecular flexibility index (Phi) is 4.07. The van der Waals surface area contributed by atoms with Gasteiger partial charge in [0.15, 0.2) is 0 Å². The van der Waals surface area contributed by atoms with Gasteiger partial charge in [0.25, 0.3) is 0 Å². The van der Waals surface area contributed by atoms with Crippen LogP contribution in [0.2, 0.25) is 0 Å². The lowest BCUT2D eigenvalue weighted by atomic mass is 10.0. The summed E-state index contributed by atoms with van der Waals surface area (Å²) in [5.41, 5.74) is 2.16. The SMILES string of the molecule is CC1CC(n2c(C(C)Cl)nc3cc(Br)ccc32)CCO1. The normalized spacial score (nSPS) is 25.0. The Morgan fingerprint density at radius 1 is 1.50 bits per heavy atom. The Morgan fingerprint density at radius 2 is 2.30 bits per heavy atom. The standard InChI is InChI=1S/C15H18BrClN2O/c1-9-7-12(5-6-20-9)19-14-4-3-11(16)8-13(14)18-15(19)10(2)17/h3-4,8-10,12H,5-7H2,1-2H3. The topological polar surface area (TPSA) is 27.1 Å². The molecule has 0 amide bonds. The molecular formula is C15H18BrClN2O. The van der Waals surface area contributed by atoms with E-state index in [1.165, 1.54) is 0 Å². The van der Waals surface area contributed by atoms with Crippen molar-refractivity contribution in [2.45, 2.75) is 44.2 Å². The summed E-state index contributed by atoms with van der Waals surface area (Å²) in [6.07, 6.45) is 2.32. The summed E-state index contributed by atoms with van der Waals surface area (Å²) in [6.45, 7) is 4.92. The average Bonchev–Trinajstić information content (AvgIpc) is 2.77. The Balaban J connectivity index is 2.13. The Bertz CT molecular complexity index is 626. The van der Waals surface area contributed by atoms with E-state index < -0.39 is 0 Å². The van der Waals surface area contributed by atoms with Gasteiger partial charge in [-0.2, -0.15) is 0 Å². The van der Waals surface area contributed by atoms with Gasteiger partial charge in [-0.05, 0) is 44.9 Å². The molecule has 3 atom stereocenters. The van der Waals surface area contributed by atoms with Crippen LogP contribution in [0.25, 0.3) is 11.0 Å². The number of alkyl halides is 1.